The Hall–Kier alpha value is -0.450. The normalized spacial score (nSPS) is 35.2. The largest absolute Gasteiger partial charge is 0.328 e. The van der Waals surface area contributed by atoms with E-state index in [1.54, 1.807) is 11.3 Å². The van der Waals surface area contributed by atoms with Crippen molar-refractivity contribution in [1.82, 2.24) is 9.88 Å². The van der Waals surface area contributed by atoms with Crippen molar-refractivity contribution in [2.24, 2.45) is 5.73 Å². The topological polar surface area (TPSA) is 42.1 Å². The minimum Gasteiger partial charge on any atom is -0.328 e. The molecule has 2 saturated heterocycles. The van der Waals surface area contributed by atoms with Crippen LogP contribution in [0.2, 0.25) is 0 Å². The Labute approximate surface area is 101 Å². The highest BCUT2D eigenvalue weighted by Crippen LogP contribution is 2.34. The van der Waals surface area contributed by atoms with Crippen LogP contribution >= 0.6 is 11.3 Å². The van der Waals surface area contributed by atoms with Gasteiger partial charge in [0, 0.05) is 30.1 Å². The van der Waals surface area contributed by atoms with E-state index in [0.717, 1.165) is 6.54 Å². The molecule has 2 bridgehead atoms. The summed E-state index contributed by atoms with van der Waals surface area (Å²) in [4.78, 5) is 7.06. The first-order chi connectivity index (χ1) is 7.83. The number of hydrogen-bond donors (Lipinski definition) is 1. The van der Waals surface area contributed by atoms with Gasteiger partial charge in [-0.05, 0) is 25.7 Å². The molecule has 2 unspecified atom stereocenters. The summed E-state index contributed by atoms with van der Waals surface area (Å²) in [6, 6.07) is 1.86. The van der Waals surface area contributed by atoms with E-state index in [-0.39, 0.29) is 0 Å². The number of nitrogens with zero attached hydrogens (tertiary/aromatic N) is 2. The molecule has 1 aromatic heterocycles. The van der Waals surface area contributed by atoms with Gasteiger partial charge in [-0.15, -0.1) is 11.3 Å². The molecule has 0 amide bonds. The van der Waals surface area contributed by atoms with Crippen molar-refractivity contribution in [3.8, 4) is 0 Å². The van der Waals surface area contributed by atoms with Crippen LogP contribution in [0.4, 0.5) is 0 Å². The number of hydrogen-bond acceptors (Lipinski definition) is 4. The molecule has 0 spiro atoms. The molecule has 2 fully saturated rings. The van der Waals surface area contributed by atoms with Gasteiger partial charge in [-0.3, -0.25) is 4.90 Å². The van der Waals surface area contributed by atoms with Gasteiger partial charge in [0.05, 0.1) is 11.2 Å². The second-order valence-corrected chi connectivity index (χ2v) is 5.84. The molecule has 2 aliphatic heterocycles. The zero-order chi connectivity index (χ0) is 11.0. The summed E-state index contributed by atoms with van der Waals surface area (Å²) >= 11 is 1.69. The second-order valence-electron chi connectivity index (χ2n) is 5.12. The molecule has 1 aromatic rings. The van der Waals surface area contributed by atoms with Crippen LogP contribution in [0.5, 0.6) is 0 Å². The van der Waals surface area contributed by atoms with Crippen molar-refractivity contribution < 1.29 is 0 Å². The van der Waals surface area contributed by atoms with Crippen LogP contribution in [-0.2, 0) is 6.54 Å². The van der Waals surface area contributed by atoms with E-state index in [0.29, 0.717) is 18.1 Å². The first-order valence-electron chi connectivity index (χ1n) is 6.21. The van der Waals surface area contributed by atoms with Gasteiger partial charge in [0.2, 0.25) is 0 Å². The highest BCUT2D eigenvalue weighted by molar-refractivity contribution is 7.07. The van der Waals surface area contributed by atoms with E-state index in [2.05, 4.69) is 15.3 Å². The van der Waals surface area contributed by atoms with Gasteiger partial charge in [0.15, 0.2) is 0 Å². The van der Waals surface area contributed by atoms with E-state index >= 15 is 0 Å². The van der Waals surface area contributed by atoms with Crippen LogP contribution in [0.1, 0.15) is 37.8 Å². The maximum atomic E-state index is 6.12. The average Bonchev–Trinajstić information content (AvgIpc) is 2.72. The Kier molecular flexibility index (Phi) is 2.96. The van der Waals surface area contributed by atoms with Gasteiger partial charge >= 0.3 is 0 Å². The minimum absolute atomic E-state index is 0.432. The third-order valence-electron chi connectivity index (χ3n) is 3.99. The average molecular weight is 237 g/mol. The van der Waals surface area contributed by atoms with Crippen molar-refractivity contribution in [1.29, 1.82) is 0 Å². The molecule has 3 nitrogen and oxygen atoms in total. The number of nitrogens with two attached hydrogens (primary N) is 1. The first kappa shape index (κ1) is 10.7. The fraction of sp³-hybridized carbons (Fsp3) is 0.750. The summed E-state index contributed by atoms with van der Waals surface area (Å²) in [5.41, 5.74) is 9.29. The van der Waals surface area contributed by atoms with E-state index in [4.69, 9.17) is 5.73 Å². The van der Waals surface area contributed by atoms with Gasteiger partial charge in [0.25, 0.3) is 0 Å². The molecule has 0 radical (unpaired) electrons. The standard InChI is InChI=1S/C12H19N3S/c13-9-4-11-2-1-3-12(5-9)15(11)6-10-7-16-8-14-10/h7-9,11-12H,1-6,13H2. The van der Waals surface area contributed by atoms with E-state index in [9.17, 15) is 0 Å². The van der Waals surface area contributed by atoms with Crippen LogP contribution < -0.4 is 5.73 Å². The quantitative estimate of drug-likeness (QED) is 0.855. The van der Waals surface area contributed by atoms with Crippen LogP contribution in [-0.4, -0.2) is 28.0 Å². The summed E-state index contributed by atoms with van der Waals surface area (Å²) in [7, 11) is 0. The molecular formula is C12H19N3S. The van der Waals surface area contributed by atoms with Crippen molar-refractivity contribution in [2.75, 3.05) is 0 Å². The number of piperidine rings is 2. The molecule has 3 heterocycles. The van der Waals surface area contributed by atoms with Gasteiger partial charge in [0.1, 0.15) is 0 Å². The summed E-state index contributed by atoms with van der Waals surface area (Å²) in [5, 5.41) is 2.17. The third-order valence-corrected chi connectivity index (χ3v) is 4.63. The van der Waals surface area contributed by atoms with E-state index < -0.39 is 0 Å². The molecule has 2 N–H and O–H groups in total. The van der Waals surface area contributed by atoms with Crippen molar-refractivity contribution in [3.63, 3.8) is 0 Å². The lowest BCUT2D eigenvalue weighted by Crippen LogP contribution is -2.54. The Bertz CT molecular complexity index is 324. The predicted octanol–water partition coefficient (Wildman–Crippen LogP) is 1.99. The summed E-state index contributed by atoms with van der Waals surface area (Å²) in [6.07, 6.45) is 6.40. The van der Waals surface area contributed by atoms with Crippen LogP contribution in [0.15, 0.2) is 10.9 Å². The zero-order valence-corrected chi connectivity index (χ0v) is 10.3. The Morgan fingerprint density at radius 3 is 2.75 bits per heavy atom. The number of aromatic nitrogens is 1. The maximum absolute atomic E-state index is 6.12. The van der Waals surface area contributed by atoms with Gasteiger partial charge in [-0.25, -0.2) is 4.98 Å². The van der Waals surface area contributed by atoms with E-state index in [1.165, 1.54) is 37.8 Å². The minimum atomic E-state index is 0.432. The van der Waals surface area contributed by atoms with Gasteiger partial charge < -0.3 is 5.73 Å². The number of thiazole rings is 1. The number of rotatable bonds is 2. The van der Waals surface area contributed by atoms with Gasteiger partial charge in [-0.2, -0.15) is 0 Å². The molecule has 88 valence electrons. The second kappa shape index (κ2) is 4.43. The fourth-order valence-electron chi connectivity index (χ4n) is 3.28. The monoisotopic (exact) mass is 237 g/mol. The van der Waals surface area contributed by atoms with Gasteiger partial charge in [-0.1, -0.05) is 6.42 Å². The molecule has 2 atom stereocenters. The maximum Gasteiger partial charge on any atom is 0.0795 e. The lowest BCUT2D eigenvalue weighted by Gasteiger charge is -2.48. The summed E-state index contributed by atoms with van der Waals surface area (Å²) < 4.78 is 0. The highest BCUT2D eigenvalue weighted by Gasteiger charge is 2.36. The summed E-state index contributed by atoms with van der Waals surface area (Å²) in [6.45, 7) is 1.03. The molecule has 4 heteroatoms. The highest BCUT2D eigenvalue weighted by atomic mass is 32.1. The summed E-state index contributed by atoms with van der Waals surface area (Å²) in [5.74, 6) is 0. The fourth-order valence-corrected chi connectivity index (χ4v) is 3.83. The Morgan fingerprint density at radius 1 is 1.38 bits per heavy atom. The predicted molar refractivity (Wildman–Crippen MR) is 66.3 cm³/mol. The third kappa shape index (κ3) is 2.01. The molecule has 0 aromatic carbocycles. The van der Waals surface area contributed by atoms with Crippen molar-refractivity contribution in [2.45, 2.75) is 56.8 Å². The molecule has 2 aliphatic rings. The lowest BCUT2D eigenvalue weighted by molar-refractivity contribution is 0.0236. The number of fused-ring (bicyclic) bond motifs is 2. The Morgan fingerprint density at radius 2 is 2.12 bits per heavy atom. The first-order valence-corrected chi connectivity index (χ1v) is 7.15. The van der Waals surface area contributed by atoms with Crippen LogP contribution in [0.3, 0.4) is 0 Å². The molecule has 3 rings (SSSR count). The zero-order valence-electron chi connectivity index (χ0n) is 9.51. The molecule has 16 heavy (non-hydrogen) atoms. The van der Waals surface area contributed by atoms with Crippen LogP contribution in [0.25, 0.3) is 0 Å². The SMILES string of the molecule is NC1CC2CCCC(C1)N2Cc1cscn1. The van der Waals surface area contributed by atoms with Crippen molar-refractivity contribution in [3.05, 3.63) is 16.6 Å². The van der Waals surface area contributed by atoms with E-state index in [1.807, 2.05) is 5.51 Å². The molecular weight excluding hydrogens is 218 g/mol. The Balaban J connectivity index is 1.74. The smallest absolute Gasteiger partial charge is 0.0795 e. The molecule has 0 aliphatic carbocycles. The lowest BCUT2D eigenvalue weighted by atomic mass is 9.82. The van der Waals surface area contributed by atoms with Crippen molar-refractivity contribution >= 4 is 11.3 Å². The van der Waals surface area contributed by atoms with Crippen LogP contribution in [0, 0.1) is 0 Å². The molecule has 0 saturated carbocycles.